The molecule has 6 nitrogen and oxygen atoms in total. The molecule has 9 heteroatoms. The number of aromatic nitrogens is 3. The molecule has 1 heterocycles. The third kappa shape index (κ3) is 4.35. The molecule has 0 radical (unpaired) electrons. The van der Waals surface area contributed by atoms with Crippen LogP contribution in [0.4, 0.5) is 5.95 Å². The molecule has 3 rings (SSSR count). The molecule has 0 aliphatic heterocycles. The summed E-state index contributed by atoms with van der Waals surface area (Å²) in [5.74, 6) is 0.00429. The number of nitrogens with one attached hydrogen (secondary N) is 1. The van der Waals surface area contributed by atoms with Crippen molar-refractivity contribution in [1.82, 2.24) is 14.8 Å². The van der Waals surface area contributed by atoms with E-state index < -0.39 is 10.0 Å². The van der Waals surface area contributed by atoms with Crippen LogP contribution in [0.5, 0.6) is 0 Å². The second-order valence-electron chi connectivity index (χ2n) is 5.62. The number of rotatable bonds is 6. The molecule has 136 valence electrons. The van der Waals surface area contributed by atoms with Gasteiger partial charge in [0.15, 0.2) is 0 Å². The molecule has 0 amide bonds. The molecule has 0 atom stereocenters. The van der Waals surface area contributed by atoms with Gasteiger partial charge in [-0.25, -0.2) is 17.8 Å². The van der Waals surface area contributed by atoms with E-state index >= 15 is 0 Å². The smallest absolute Gasteiger partial charge is 0.246 e. The number of sulfonamides is 1. The highest BCUT2D eigenvalue weighted by atomic mass is 35.5. The summed E-state index contributed by atoms with van der Waals surface area (Å²) in [6.45, 7) is 2.39. The standard InChI is InChI=1S/C17H16Cl2N4O2S/c1-2-12-3-6-14(7-4-12)26(24,25)22-17-20-11-23(21-17)10-13-5-8-15(18)16(19)9-13/h3-9,11H,2,10H2,1H3,(H,21,22). The molecule has 0 aliphatic carbocycles. The van der Waals surface area contributed by atoms with Crippen molar-refractivity contribution in [2.24, 2.45) is 0 Å². The van der Waals surface area contributed by atoms with Crippen LogP contribution >= 0.6 is 23.2 Å². The van der Waals surface area contributed by atoms with Gasteiger partial charge in [0.1, 0.15) is 6.33 Å². The highest BCUT2D eigenvalue weighted by Crippen LogP contribution is 2.23. The minimum absolute atomic E-state index is 0.00429. The normalized spacial score (nSPS) is 11.5. The lowest BCUT2D eigenvalue weighted by atomic mass is 10.2. The SMILES string of the molecule is CCc1ccc(S(=O)(=O)Nc2ncn(Cc3ccc(Cl)c(Cl)c3)n2)cc1. The lowest BCUT2D eigenvalue weighted by molar-refractivity contribution is 0.600. The molecular formula is C17H16Cl2N4O2S. The maximum atomic E-state index is 12.4. The van der Waals surface area contributed by atoms with E-state index in [2.05, 4.69) is 14.8 Å². The second kappa shape index (κ2) is 7.65. The summed E-state index contributed by atoms with van der Waals surface area (Å²) in [6, 6.07) is 11.9. The van der Waals surface area contributed by atoms with E-state index in [9.17, 15) is 8.42 Å². The first kappa shape index (κ1) is 18.7. The van der Waals surface area contributed by atoms with Crippen LogP contribution in [0.3, 0.4) is 0 Å². The van der Waals surface area contributed by atoms with Gasteiger partial charge in [-0.15, -0.1) is 5.10 Å². The molecule has 3 aromatic rings. The highest BCUT2D eigenvalue weighted by molar-refractivity contribution is 7.92. The first-order valence-electron chi connectivity index (χ1n) is 7.82. The van der Waals surface area contributed by atoms with Crippen LogP contribution in [0.2, 0.25) is 10.0 Å². The molecular weight excluding hydrogens is 395 g/mol. The predicted octanol–water partition coefficient (Wildman–Crippen LogP) is 4.00. The first-order valence-corrected chi connectivity index (χ1v) is 10.1. The fraction of sp³-hybridized carbons (Fsp3) is 0.176. The fourth-order valence-electron chi connectivity index (χ4n) is 2.33. The summed E-state index contributed by atoms with van der Waals surface area (Å²) in [7, 11) is -3.74. The molecule has 0 spiro atoms. The number of benzene rings is 2. The monoisotopic (exact) mass is 410 g/mol. The Labute approximate surface area is 161 Å². The largest absolute Gasteiger partial charge is 0.264 e. The average Bonchev–Trinajstić information content (AvgIpc) is 3.04. The summed E-state index contributed by atoms with van der Waals surface area (Å²) >= 11 is 11.9. The van der Waals surface area contributed by atoms with Crippen LogP contribution in [-0.2, 0) is 23.0 Å². The number of aryl methyl sites for hydroxylation is 1. The van der Waals surface area contributed by atoms with Crippen molar-refractivity contribution >= 4 is 39.2 Å². The van der Waals surface area contributed by atoms with Crippen molar-refractivity contribution in [3.05, 3.63) is 70.0 Å². The van der Waals surface area contributed by atoms with Crippen molar-refractivity contribution < 1.29 is 8.42 Å². The Balaban J connectivity index is 1.73. The number of halogens is 2. The van der Waals surface area contributed by atoms with E-state index in [4.69, 9.17) is 23.2 Å². The Hall–Kier alpha value is -2.09. The van der Waals surface area contributed by atoms with Crippen molar-refractivity contribution in [2.45, 2.75) is 24.8 Å². The third-order valence-corrected chi connectivity index (χ3v) is 5.82. The quantitative estimate of drug-likeness (QED) is 0.665. The molecule has 0 bridgehead atoms. The van der Waals surface area contributed by atoms with E-state index in [-0.39, 0.29) is 10.8 Å². The van der Waals surface area contributed by atoms with Crippen LogP contribution in [0, 0.1) is 0 Å². The lowest BCUT2D eigenvalue weighted by Gasteiger charge is -2.06. The van der Waals surface area contributed by atoms with Gasteiger partial charge in [0.25, 0.3) is 16.0 Å². The molecule has 1 aromatic heterocycles. The molecule has 0 unspecified atom stereocenters. The van der Waals surface area contributed by atoms with Gasteiger partial charge in [-0.1, -0.05) is 48.3 Å². The van der Waals surface area contributed by atoms with Crippen molar-refractivity contribution in [1.29, 1.82) is 0 Å². The Morgan fingerprint density at radius 2 is 1.73 bits per heavy atom. The maximum absolute atomic E-state index is 12.4. The number of nitrogens with zero attached hydrogens (tertiary/aromatic N) is 3. The Kier molecular flexibility index (Phi) is 5.50. The fourth-order valence-corrected chi connectivity index (χ4v) is 3.59. The minimum atomic E-state index is -3.74. The number of anilines is 1. The van der Waals surface area contributed by atoms with Gasteiger partial charge in [-0.3, -0.25) is 0 Å². The maximum Gasteiger partial charge on any atom is 0.264 e. The van der Waals surface area contributed by atoms with Crippen LogP contribution < -0.4 is 4.72 Å². The minimum Gasteiger partial charge on any atom is -0.246 e. The summed E-state index contributed by atoms with van der Waals surface area (Å²) in [6.07, 6.45) is 2.29. The molecule has 0 saturated heterocycles. The first-order chi connectivity index (χ1) is 12.4. The lowest BCUT2D eigenvalue weighted by Crippen LogP contribution is -2.14. The molecule has 2 aromatic carbocycles. The van der Waals surface area contributed by atoms with Crippen LogP contribution in [0.25, 0.3) is 0 Å². The van der Waals surface area contributed by atoms with E-state index in [0.29, 0.717) is 16.6 Å². The zero-order chi connectivity index (χ0) is 18.7. The summed E-state index contributed by atoms with van der Waals surface area (Å²) in [5, 5.41) is 5.06. The summed E-state index contributed by atoms with van der Waals surface area (Å²) in [5.41, 5.74) is 1.93. The molecule has 0 fully saturated rings. The second-order valence-corrected chi connectivity index (χ2v) is 8.11. The Morgan fingerprint density at radius 1 is 1.04 bits per heavy atom. The van der Waals surface area contributed by atoms with Crippen molar-refractivity contribution in [2.75, 3.05) is 4.72 Å². The number of hydrogen-bond donors (Lipinski definition) is 1. The van der Waals surface area contributed by atoms with Gasteiger partial charge in [-0.05, 0) is 41.8 Å². The summed E-state index contributed by atoms with van der Waals surface area (Å²) in [4.78, 5) is 4.16. The topological polar surface area (TPSA) is 76.9 Å². The van der Waals surface area contributed by atoms with Crippen molar-refractivity contribution in [3.63, 3.8) is 0 Å². The van der Waals surface area contributed by atoms with E-state index in [0.717, 1.165) is 17.5 Å². The highest BCUT2D eigenvalue weighted by Gasteiger charge is 2.16. The van der Waals surface area contributed by atoms with E-state index in [1.54, 1.807) is 36.4 Å². The van der Waals surface area contributed by atoms with Gasteiger partial charge >= 0.3 is 0 Å². The third-order valence-electron chi connectivity index (χ3n) is 3.73. The molecule has 0 aliphatic rings. The molecule has 0 saturated carbocycles. The van der Waals surface area contributed by atoms with Gasteiger partial charge < -0.3 is 0 Å². The zero-order valence-corrected chi connectivity index (χ0v) is 16.2. The summed E-state index contributed by atoms with van der Waals surface area (Å²) < 4.78 is 28.7. The van der Waals surface area contributed by atoms with Gasteiger partial charge in [0.05, 0.1) is 21.5 Å². The predicted molar refractivity (Wildman–Crippen MR) is 102 cm³/mol. The number of hydrogen-bond acceptors (Lipinski definition) is 4. The van der Waals surface area contributed by atoms with Gasteiger partial charge in [0, 0.05) is 0 Å². The van der Waals surface area contributed by atoms with Crippen LogP contribution in [-0.4, -0.2) is 23.2 Å². The Bertz CT molecular complexity index is 1020. The molecule has 26 heavy (non-hydrogen) atoms. The van der Waals surface area contributed by atoms with Crippen molar-refractivity contribution in [3.8, 4) is 0 Å². The van der Waals surface area contributed by atoms with Crippen LogP contribution in [0.15, 0.2) is 53.7 Å². The van der Waals surface area contributed by atoms with E-state index in [1.165, 1.54) is 11.0 Å². The zero-order valence-electron chi connectivity index (χ0n) is 13.9. The van der Waals surface area contributed by atoms with Gasteiger partial charge in [-0.2, -0.15) is 4.98 Å². The average molecular weight is 411 g/mol. The molecule has 1 N–H and O–H groups in total. The van der Waals surface area contributed by atoms with Gasteiger partial charge in [0.2, 0.25) is 0 Å². The van der Waals surface area contributed by atoms with Crippen LogP contribution in [0.1, 0.15) is 18.1 Å². The Morgan fingerprint density at radius 3 is 2.38 bits per heavy atom. The van der Waals surface area contributed by atoms with E-state index in [1.807, 2.05) is 13.0 Å².